The van der Waals surface area contributed by atoms with Gasteiger partial charge in [0.15, 0.2) is 6.10 Å². The number of rotatable bonds is 54. The van der Waals surface area contributed by atoms with E-state index in [1.54, 1.807) is 0 Å². The first-order valence-corrected chi connectivity index (χ1v) is 29.3. The molecule has 0 saturated heterocycles. The Morgan fingerprint density at radius 3 is 0.833 bits per heavy atom. The van der Waals surface area contributed by atoms with Gasteiger partial charge in [-0.2, -0.15) is 0 Å². The molecule has 0 bridgehead atoms. The second-order valence-electron chi connectivity index (χ2n) is 19.9. The van der Waals surface area contributed by atoms with Crippen LogP contribution >= 0.6 is 0 Å². The van der Waals surface area contributed by atoms with Crippen molar-refractivity contribution >= 4 is 17.9 Å². The summed E-state index contributed by atoms with van der Waals surface area (Å²) in [4.78, 5) is 38.0. The summed E-state index contributed by atoms with van der Waals surface area (Å²) in [5.41, 5.74) is 0. The minimum absolute atomic E-state index is 0.0733. The second kappa shape index (κ2) is 55.5. The summed E-state index contributed by atoms with van der Waals surface area (Å²) in [5.74, 6) is -0.876. The number of esters is 3. The third-order valence-corrected chi connectivity index (χ3v) is 13.2. The highest BCUT2D eigenvalue weighted by atomic mass is 16.6. The Kier molecular flexibility index (Phi) is 53.7. The van der Waals surface area contributed by atoms with Crippen LogP contribution in [0.15, 0.2) is 24.3 Å². The zero-order valence-electron chi connectivity index (χ0n) is 44.5. The third-order valence-electron chi connectivity index (χ3n) is 13.2. The highest BCUT2D eigenvalue weighted by molar-refractivity contribution is 5.71. The fourth-order valence-corrected chi connectivity index (χ4v) is 8.71. The van der Waals surface area contributed by atoms with Gasteiger partial charge in [-0.15, -0.1) is 0 Å². The van der Waals surface area contributed by atoms with Crippen LogP contribution in [0.25, 0.3) is 0 Å². The Labute approximate surface area is 411 Å². The smallest absolute Gasteiger partial charge is 0.306 e. The van der Waals surface area contributed by atoms with Gasteiger partial charge in [0.05, 0.1) is 0 Å². The molecule has 1 atom stereocenters. The minimum Gasteiger partial charge on any atom is -0.462 e. The summed E-state index contributed by atoms with van der Waals surface area (Å²) >= 11 is 0. The van der Waals surface area contributed by atoms with Gasteiger partial charge in [0.2, 0.25) is 0 Å². The maximum Gasteiger partial charge on any atom is 0.306 e. The van der Waals surface area contributed by atoms with Crippen LogP contribution in [-0.2, 0) is 28.6 Å². The van der Waals surface area contributed by atoms with Crippen molar-refractivity contribution in [1.29, 1.82) is 0 Å². The monoisotopic (exact) mass is 929 g/mol. The number of unbranched alkanes of at least 4 members (excludes halogenated alkanes) is 39. The topological polar surface area (TPSA) is 78.9 Å². The lowest BCUT2D eigenvalue weighted by Gasteiger charge is -2.18. The molecule has 6 nitrogen and oxygen atoms in total. The van der Waals surface area contributed by atoms with E-state index in [0.29, 0.717) is 19.3 Å². The number of carbonyl (C=O) groups excluding carboxylic acids is 3. The largest absolute Gasteiger partial charge is 0.462 e. The lowest BCUT2D eigenvalue weighted by molar-refractivity contribution is -0.167. The highest BCUT2D eigenvalue weighted by Crippen LogP contribution is 2.17. The summed E-state index contributed by atoms with van der Waals surface area (Å²) in [6.07, 6.45) is 64.8. The van der Waals surface area contributed by atoms with Gasteiger partial charge in [-0.1, -0.05) is 263 Å². The van der Waals surface area contributed by atoms with E-state index >= 15 is 0 Å². The Balaban J connectivity index is 4.14. The van der Waals surface area contributed by atoms with E-state index in [9.17, 15) is 14.4 Å². The van der Waals surface area contributed by atoms with Gasteiger partial charge in [0.1, 0.15) is 13.2 Å². The highest BCUT2D eigenvalue weighted by Gasteiger charge is 2.19. The predicted octanol–water partition coefficient (Wildman–Crippen LogP) is 19.5. The fraction of sp³-hybridized carbons (Fsp3) is 0.883. The van der Waals surface area contributed by atoms with Gasteiger partial charge in [0.25, 0.3) is 0 Å². The number of ether oxygens (including phenoxy) is 3. The molecule has 0 aromatic heterocycles. The fourth-order valence-electron chi connectivity index (χ4n) is 8.71. The van der Waals surface area contributed by atoms with E-state index < -0.39 is 6.10 Å². The Morgan fingerprint density at radius 2 is 0.515 bits per heavy atom. The summed E-state index contributed by atoms with van der Waals surface area (Å²) in [6.45, 7) is 6.61. The van der Waals surface area contributed by atoms with Gasteiger partial charge in [-0.05, 0) is 64.2 Å². The number of hydrogen-bond acceptors (Lipinski definition) is 6. The van der Waals surface area contributed by atoms with Crippen molar-refractivity contribution in [2.24, 2.45) is 0 Å². The molecule has 388 valence electrons. The molecule has 0 amide bonds. The average Bonchev–Trinajstić information content (AvgIpc) is 3.31. The van der Waals surface area contributed by atoms with Gasteiger partial charge in [0, 0.05) is 19.3 Å². The van der Waals surface area contributed by atoms with Crippen molar-refractivity contribution in [2.45, 2.75) is 329 Å². The van der Waals surface area contributed by atoms with Crippen molar-refractivity contribution in [2.75, 3.05) is 13.2 Å². The molecule has 0 fully saturated rings. The van der Waals surface area contributed by atoms with Gasteiger partial charge in [-0.3, -0.25) is 14.4 Å². The molecule has 0 radical (unpaired) electrons. The lowest BCUT2D eigenvalue weighted by Crippen LogP contribution is -2.30. The molecule has 0 spiro atoms. The molecule has 6 heteroatoms. The van der Waals surface area contributed by atoms with Crippen LogP contribution in [-0.4, -0.2) is 37.2 Å². The van der Waals surface area contributed by atoms with E-state index in [1.165, 1.54) is 212 Å². The van der Waals surface area contributed by atoms with Crippen molar-refractivity contribution in [3.05, 3.63) is 24.3 Å². The van der Waals surface area contributed by atoms with Crippen molar-refractivity contribution in [1.82, 2.24) is 0 Å². The van der Waals surface area contributed by atoms with Crippen molar-refractivity contribution < 1.29 is 28.6 Å². The maximum atomic E-state index is 12.8. The predicted molar refractivity (Wildman–Crippen MR) is 284 cm³/mol. The lowest BCUT2D eigenvalue weighted by atomic mass is 10.0. The van der Waals surface area contributed by atoms with Crippen LogP contribution in [0.5, 0.6) is 0 Å². The molecular formula is C60H112O6. The molecule has 1 unspecified atom stereocenters. The van der Waals surface area contributed by atoms with Gasteiger partial charge >= 0.3 is 17.9 Å². The molecule has 0 aromatic rings. The number of carbonyl (C=O) groups is 3. The quantitative estimate of drug-likeness (QED) is 0.0262. The summed E-state index contributed by atoms with van der Waals surface area (Å²) in [5, 5.41) is 0. The third kappa shape index (κ3) is 52.9. The van der Waals surface area contributed by atoms with Crippen molar-refractivity contribution in [3.63, 3.8) is 0 Å². The average molecular weight is 930 g/mol. The first-order valence-electron chi connectivity index (χ1n) is 29.3. The second-order valence-corrected chi connectivity index (χ2v) is 19.9. The van der Waals surface area contributed by atoms with Crippen LogP contribution < -0.4 is 0 Å². The minimum atomic E-state index is -0.774. The molecule has 0 aromatic carbocycles. The molecule has 0 aliphatic rings. The molecule has 66 heavy (non-hydrogen) atoms. The van der Waals surface area contributed by atoms with E-state index in [-0.39, 0.29) is 31.1 Å². The molecule has 0 N–H and O–H groups in total. The first kappa shape index (κ1) is 63.9. The zero-order chi connectivity index (χ0) is 47.9. The standard InChI is InChI=1S/C60H112O6/c1-4-7-10-13-16-19-22-24-25-26-27-28-29-30-31-32-33-34-35-36-39-41-44-47-50-53-59(62)65-56-57(55-64-58(61)52-49-46-43-40-37-21-18-15-12-9-6-3)66-60(63)54-51-48-45-42-38-23-20-17-14-11-8-5-2/h15,17-18,20,57H,4-14,16,19,21-56H2,1-3H3/b18-15-,20-17-. The number of hydrogen-bond donors (Lipinski definition) is 0. The van der Waals surface area contributed by atoms with E-state index in [1.807, 2.05) is 0 Å². The summed E-state index contributed by atoms with van der Waals surface area (Å²) in [6, 6.07) is 0. The zero-order valence-corrected chi connectivity index (χ0v) is 44.5. The van der Waals surface area contributed by atoms with Crippen LogP contribution in [0.1, 0.15) is 323 Å². The molecular weight excluding hydrogens is 817 g/mol. The van der Waals surface area contributed by atoms with E-state index in [2.05, 4.69) is 45.1 Å². The molecule has 0 aliphatic carbocycles. The van der Waals surface area contributed by atoms with Crippen LogP contribution in [0.4, 0.5) is 0 Å². The van der Waals surface area contributed by atoms with Crippen LogP contribution in [0.3, 0.4) is 0 Å². The summed E-state index contributed by atoms with van der Waals surface area (Å²) in [7, 11) is 0. The van der Waals surface area contributed by atoms with E-state index in [0.717, 1.165) is 70.6 Å². The summed E-state index contributed by atoms with van der Waals surface area (Å²) < 4.78 is 16.8. The van der Waals surface area contributed by atoms with Crippen LogP contribution in [0, 0.1) is 0 Å². The molecule has 0 saturated carbocycles. The molecule has 0 aliphatic heterocycles. The molecule has 0 heterocycles. The Morgan fingerprint density at radius 1 is 0.288 bits per heavy atom. The van der Waals surface area contributed by atoms with Gasteiger partial charge in [-0.25, -0.2) is 0 Å². The van der Waals surface area contributed by atoms with Crippen molar-refractivity contribution in [3.8, 4) is 0 Å². The van der Waals surface area contributed by atoms with E-state index in [4.69, 9.17) is 14.2 Å². The maximum absolute atomic E-state index is 12.8. The molecule has 0 rings (SSSR count). The number of allylic oxidation sites excluding steroid dienone is 4. The normalized spacial score (nSPS) is 12.1. The Bertz CT molecular complexity index is 1070. The Hall–Kier alpha value is -2.11. The first-order chi connectivity index (χ1) is 32.5. The SMILES string of the molecule is CCCC/C=C\CCCCCCCC(=O)OCC(COC(=O)CCCCCCCCCCCCCCCCCCCCCCCCCCC)OC(=O)CCCCCCC/C=C\CCCCC. The van der Waals surface area contributed by atoms with Crippen LogP contribution in [0.2, 0.25) is 0 Å². The van der Waals surface area contributed by atoms with Gasteiger partial charge < -0.3 is 14.2 Å².